The van der Waals surface area contributed by atoms with Crippen LogP contribution in [0.4, 0.5) is 0 Å². The van der Waals surface area contributed by atoms with Crippen molar-refractivity contribution in [2.24, 2.45) is 5.10 Å². The molecule has 1 N–H and O–H groups in total. The Labute approximate surface area is 107 Å². The quantitative estimate of drug-likeness (QED) is 0.631. The summed E-state index contributed by atoms with van der Waals surface area (Å²) in [5, 5.41) is 4.66. The van der Waals surface area contributed by atoms with Gasteiger partial charge in [0.2, 0.25) is 0 Å². The highest BCUT2D eigenvalue weighted by Crippen LogP contribution is 2.09. The molecule has 0 bridgehead atoms. The predicted octanol–water partition coefficient (Wildman–Crippen LogP) is 3.64. The Kier molecular flexibility index (Phi) is 5.70. The fourth-order valence-corrected chi connectivity index (χ4v) is 1.43. The molecule has 1 aromatic carbocycles. The summed E-state index contributed by atoms with van der Waals surface area (Å²) in [6, 6.07) is 6.72. The molecule has 17 heavy (non-hydrogen) atoms. The van der Waals surface area contributed by atoms with Gasteiger partial charge in [-0.15, -0.1) is 0 Å². The lowest BCUT2D eigenvalue weighted by Gasteiger charge is -2.02. The minimum atomic E-state index is -0.211. The predicted molar refractivity (Wildman–Crippen MR) is 71.6 cm³/mol. The summed E-state index contributed by atoms with van der Waals surface area (Å²) in [5.74, 6) is -0.211. The fourth-order valence-electron chi connectivity index (χ4n) is 1.30. The molecule has 0 saturated carbocycles. The second-order valence-electron chi connectivity index (χ2n) is 3.90. The molecule has 92 valence electrons. The molecule has 0 radical (unpaired) electrons. The van der Waals surface area contributed by atoms with Crippen LogP contribution in [-0.2, 0) is 0 Å². The van der Waals surface area contributed by atoms with Gasteiger partial charge in [-0.2, -0.15) is 5.10 Å². The number of nitrogens with one attached hydrogen (secondary N) is 1. The summed E-state index contributed by atoms with van der Waals surface area (Å²) in [5.41, 5.74) is 4.03. The van der Waals surface area contributed by atoms with Crippen LogP contribution >= 0.6 is 11.6 Å². The van der Waals surface area contributed by atoms with Gasteiger partial charge in [-0.05, 0) is 44.0 Å². The molecule has 0 spiro atoms. The van der Waals surface area contributed by atoms with E-state index in [1.54, 1.807) is 24.3 Å². The average molecular weight is 253 g/mol. The van der Waals surface area contributed by atoms with Gasteiger partial charge in [-0.25, -0.2) is 5.43 Å². The number of hydrogen-bond acceptors (Lipinski definition) is 2. The fraction of sp³-hybridized carbons (Fsp3) is 0.385. The van der Waals surface area contributed by atoms with Gasteiger partial charge in [0.25, 0.3) is 5.91 Å². The Balaban J connectivity index is 2.52. The van der Waals surface area contributed by atoms with E-state index in [2.05, 4.69) is 17.5 Å². The number of carbonyl (C=O) groups is 1. The lowest BCUT2D eigenvalue weighted by atomic mass is 10.2. The van der Waals surface area contributed by atoms with Crippen LogP contribution in [0.1, 0.15) is 43.5 Å². The van der Waals surface area contributed by atoms with Gasteiger partial charge in [0, 0.05) is 16.3 Å². The Morgan fingerprint density at radius 1 is 1.35 bits per heavy atom. The molecule has 1 amide bonds. The molecule has 0 aromatic heterocycles. The smallest absolute Gasteiger partial charge is 0.267 e. The standard InChI is InChI=1S/C13H17ClN2O/c1-3-4-5-10(2)15-16-13(17)11-6-8-12(14)9-7-11/h6-9H,3-5H2,1-2H3,(H,16,17)/b15-10+. The van der Waals surface area contributed by atoms with Crippen molar-refractivity contribution in [2.75, 3.05) is 0 Å². The van der Waals surface area contributed by atoms with E-state index in [9.17, 15) is 4.79 Å². The number of nitrogens with zero attached hydrogens (tertiary/aromatic N) is 1. The van der Waals surface area contributed by atoms with Gasteiger partial charge in [-0.1, -0.05) is 24.9 Å². The van der Waals surface area contributed by atoms with Crippen LogP contribution in [0.2, 0.25) is 5.02 Å². The van der Waals surface area contributed by atoms with Gasteiger partial charge in [0.05, 0.1) is 0 Å². The zero-order valence-corrected chi connectivity index (χ0v) is 10.9. The van der Waals surface area contributed by atoms with Crippen molar-refractivity contribution in [2.45, 2.75) is 33.1 Å². The number of halogens is 1. The van der Waals surface area contributed by atoms with Crippen molar-refractivity contribution in [3.8, 4) is 0 Å². The molecule has 3 nitrogen and oxygen atoms in total. The van der Waals surface area contributed by atoms with Crippen molar-refractivity contribution in [1.82, 2.24) is 5.43 Å². The van der Waals surface area contributed by atoms with Gasteiger partial charge in [0.15, 0.2) is 0 Å². The maximum Gasteiger partial charge on any atom is 0.271 e. The van der Waals surface area contributed by atoms with Gasteiger partial charge >= 0.3 is 0 Å². The molecule has 0 aliphatic rings. The Morgan fingerprint density at radius 3 is 2.59 bits per heavy atom. The molecule has 0 aliphatic heterocycles. The molecule has 4 heteroatoms. The number of carbonyl (C=O) groups excluding carboxylic acids is 1. The molecular formula is C13H17ClN2O. The monoisotopic (exact) mass is 252 g/mol. The summed E-state index contributed by atoms with van der Waals surface area (Å²) >= 11 is 5.74. The maximum atomic E-state index is 11.7. The number of benzene rings is 1. The summed E-state index contributed by atoms with van der Waals surface area (Å²) < 4.78 is 0. The van der Waals surface area contributed by atoms with Crippen molar-refractivity contribution in [1.29, 1.82) is 0 Å². The average Bonchev–Trinajstić information content (AvgIpc) is 2.34. The Morgan fingerprint density at radius 2 is 2.00 bits per heavy atom. The summed E-state index contributed by atoms with van der Waals surface area (Å²) in [4.78, 5) is 11.7. The third-order valence-corrected chi connectivity index (χ3v) is 2.60. The molecule has 0 unspecified atom stereocenters. The van der Waals surface area contributed by atoms with E-state index in [0.29, 0.717) is 10.6 Å². The Hall–Kier alpha value is -1.35. The zero-order valence-electron chi connectivity index (χ0n) is 10.2. The largest absolute Gasteiger partial charge is 0.271 e. The lowest BCUT2D eigenvalue weighted by Crippen LogP contribution is -2.18. The van der Waals surface area contributed by atoms with Crippen LogP contribution in [0.25, 0.3) is 0 Å². The van der Waals surface area contributed by atoms with Crippen LogP contribution in [0.5, 0.6) is 0 Å². The van der Waals surface area contributed by atoms with E-state index < -0.39 is 0 Å². The summed E-state index contributed by atoms with van der Waals surface area (Å²) in [6.45, 7) is 4.04. The third kappa shape index (κ3) is 5.00. The van der Waals surface area contributed by atoms with Crippen molar-refractivity contribution < 1.29 is 4.79 Å². The first kappa shape index (κ1) is 13.7. The molecular weight excluding hydrogens is 236 g/mol. The van der Waals surface area contributed by atoms with Crippen molar-refractivity contribution in [3.05, 3.63) is 34.9 Å². The first-order chi connectivity index (χ1) is 8.13. The summed E-state index contributed by atoms with van der Waals surface area (Å²) in [7, 11) is 0. The molecule has 0 aliphatic carbocycles. The highest BCUT2D eigenvalue weighted by atomic mass is 35.5. The van der Waals surface area contributed by atoms with Crippen LogP contribution in [-0.4, -0.2) is 11.6 Å². The Bertz CT molecular complexity index is 398. The number of amides is 1. The van der Waals surface area contributed by atoms with E-state index in [0.717, 1.165) is 25.0 Å². The van der Waals surface area contributed by atoms with Gasteiger partial charge < -0.3 is 0 Å². The first-order valence-electron chi connectivity index (χ1n) is 5.72. The van der Waals surface area contributed by atoms with E-state index in [1.165, 1.54) is 0 Å². The highest BCUT2D eigenvalue weighted by molar-refractivity contribution is 6.30. The lowest BCUT2D eigenvalue weighted by molar-refractivity contribution is 0.0954. The maximum absolute atomic E-state index is 11.7. The number of hydrogen-bond donors (Lipinski definition) is 1. The third-order valence-electron chi connectivity index (χ3n) is 2.35. The van der Waals surface area contributed by atoms with E-state index >= 15 is 0 Å². The van der Waals surface area contributed by atoms with Gasteiger partial charge in [0.1, 0.15) is 0 Å². The van der Waals surface area contributed by atoms with Crippen molar-refractivity contribution >= 4 is 23.2 Å². The number of hydrazone groups is 1. The van der Waals surface area contributed by atoms with Crippen LogP contribution in [0, 0.1) is 0 Å². The summed E-state index contributed by atoms with van der Waals surface area (Å²) in [6.07, 6.45) is 3.13. The number of unbranched alkanes of at least 4 members (excludes halogenated alkanes) is 1. The highest BCUT2D eigenvalue weighted by Gasteiger charge is 2.03. The first-order valence-corrected chi connectivity index (χ1v) is 6.10. The van der Waals surface area contributed by atoms with Gasteiger partial charge in [-0.3, -0.25) is 4.79 Å². The number of rotatable bonds is 5. The zero-order chi connectivity index (χ0) is 12.7. The second-order valence-corrected chi connectivity index (χ2v) is 4.33. The van der Waals surface area contributed by atoms with E-state index in [1.807, 2.05) is 6.92 Å². The minimum absolute atomic E-state index is 0.211. The van der Waals surface area contributed by atoms with Crippen LogP contribution in [0.3, 0.4) is 0 Å². The van der Waals surface area contributed by atoms with Crippen LogP contribution < -0.4 is 5.43 Å². The molecule has 1 rings (SSSR count). The topological polar surface area (TPSA) is 41.5 Å². The molecule has 0 fully saturated rings. The van der Waals surface area contributed by atoms with E-state index in [-0.39, 0.29) is 5.91 Å². The normalized spacial score (nSPS) is 11.4. The SMILES string of the molecule is CCCC/C(C)=N/NC(=O)c1ccc(Cl)cc1. The molecule has 1 aromatic rings. The van der Waals surface area contributed by atoms with E-state index in [4.69, 9.17) is 11.6 Å². The molecule has 0 saturated heterocycles. The second kappa shape index (κ2) is 7.07. The minimum Gasteiger partial charge on any atom is -0.267 e. The van der Waals surface area contributed by atoms with Crippen LogP contribution in [0.15, 0.2) is 29.4 Å². The van der Waals surface area contributed by atoms with Crippen molar-refractivity contribution in [3.63, 3.8) is 0 Å². The molecule has 0 heterocycles. The molecule has 0 atom stereocenters.